The predicted molar refractivity (Wildman–Crippen MR) is 152 cm³/mol. The first-order valence-electron chi connectivity index (χ1n) is 13.8. The van der Waals surface area contributed by atoms with Gasteiger partial charge in [0.05, 0.1) is 39.4 Å². The molecule has 1 N–H and O–H groups in total. The molecule has 0 aliphatic carbocycles. The fraction of sp³-hybridized carbons (Fsp3) is 0.375. The molecule has 210 valence electrons. The van der Waals surface area contributed by atoms with Crippen LogP contribution in [-0.2, 0) is 17.6 Å². The lowest BCUT2D eigenvalue weighted by molar-refractivity contribution is -0.124. The minimum atomic E-state index is -0.603. The molecule has 5 rings (SSSR count). The number of benzene rings is 3. The van der Waals surface area contributed by atoms with E-state index in [-0.39, 0.29) is 11.8 Å². The van der Waals surface area contributed by atoms with Crippen LogP contribution < -0.4 is 24.3 Å². The van der Waals surface area contributed by atoms with Crippen LogP contribution in [0.4, 0.5) is 0 Å². The Morgan fingerprint density at radius 3 is 2.38 bits per heavy atom. The van der Waals surface area contributed by atoms with E-state index < -0.39 is 12.0 Å². The van der Waals surface area contributed by atoms with Gasteiger partial charge >= 0.3 is 0 Å². The Labute approximate surface area is 235 Å². The number of hydrogen-bond donors (Lipinski definition) is 1. The number of nitrogens with one attached hydrogen (secondary N) is 1. The highest BCUT2D eigenvalue weighted by atomic mass is 16.5. The topological polar surface area (TPSA) is 86.3 Å². The molecule has 0 fully saturated rings. The van der Waals surface area contributed by atoms with Gasteiger partial charge in [0.2, 0.25) is 5.91 Å². The first-order valence-corrected chi connectivity index (χ1v) is 13.8. The molecule has 0 spiro atoms. The number of hydrogen-bond acceptors (Lipinski definition) is 6. The van der Waals surface area contributed by atoms with E-state index in [1.54, 1.807) is 26.4 Å². The van der Waals surface area contributed by atoms with Crippen LogP contribution in [0.5, 0.6) is 23.0 Å². The summed E-state index contributed by atoms with van der Waals surface area (Å²) in [5, 5.41) is 3.16. The molecule has 0 aromatic heterocycles. The Morgan fingerprint density at radius 2 is 1.62 bits per heavy atom. The summed E-state index contributed by atoms with van der Waals surface area (Å²) in [6.45, 7) is 5.94. The second-order valence-electron chi connectivity index (χ2n) is 9.85. The van der Waals surface area contributed by atoms with Gasteiger partial charge in [0.1, 0.15) is 0 Å². The lowest BCUT2D eigenvalue weighted by Crippen LogP contribution is -2.50. The van der Waals surface area contributed by atoms with Gasteiger partial charge in [-0.2, -0.15) is 0 Å². The largest absolute Gasteiger partial charge is 0.493 e. The van der Waals surface area contributed by atoms with E-state index in [1.165, 1.54) is 0 Å². The minimum absolute atomic E-state index is 0.0997. The number of nitrogens with zero attached hydrogens (tertiary/aromatic N) is 1. The molecule has 2 amide bonds. The molecule has 0 bridgehead atoms. The predicted octanol–water partition coefficient (Wildman–Crippen LogP) is 4.70. The van der Waals surface area contributed by atoms with Crippen LogP contribution in [0.3, 0.4) is 0 Å². The molecule has 8 heteroatoms. The normalized spacial score (nSPS) is 17.3. The van der Waals surface area contributed by atoms with Crippen LogP contribution in [-0.4, -0.2) is 57.2 Å². The van der Waals surface area contributed by atoms with Crippen molar-refractivity contribution in [2.24, 2.45) is 0 Å². The van der Waals surface area contributed by atoms with Crippen molar-refractivity contribution in [1.82, 2.24) is 10.2 Å². The first kappa shape index (κ1) is 27.4. The van der Waals surface area contributed by atoms with Gasteiger partial charge in [-0.05, 0) is 73.2 Å². The Kier molecular flexibility index (Phi) is 8.14. The van der Waals surface area contributed by atoms with Crippen LogP contribution in [0.15, 0.2) is 54.6 Å². The Hall–Kier alpha value is -4.20. The number of rotatable bonds is 10. The van der Waals surface area contributed by atoms with Crippen molar-refractivity contribution in [3.8, 4) is 23.0 Å². The highest BCUT2D eigenvalue weighted by Gasteiger charge is 2.46. The van der Waals surface area contributed by atoms with E-state index >= 15 is 0 Å². The molecule has 3 aromatic carbocycles. The molecular weight excluding hydrogens is 508 g/mol. The summed E-state index contributed by atoms with van der Waals surface area (Å²) in [5.41, 5.74) is 4.33. The monoisotopic (exact) mass is 544 g/mol. The summed E-state index contributed by atoms with van der Waals surface area (Å²) in [6.07, 6.45) is 1.36. The van der Waals surface area contributed by atoms with E-state index in [9.17, 15) is 9.59 Å². The summed E-state index contributed by atoms with van der Waals surface area (Å²) < 4.78 is 22.5. The molecule has 2 heterocycles. The van der Waals surface area contributed by atoms with Crippen molar-refractivity contribution in [2.75, 3.05) is 40.5 Å². The Balaban J connectivity index is 1.45. The van der Waals surface area contributed by atoms with Crippen molar-refractivity contribution in [1.29, 1.82) is 0 Å². The van der Waals surface area contributed by atoms with Crippen molar-refractivity contribution in [2.45, 2.75) is 38.6 Å². The zero-order valence-corrected chi connectivity index (χ0v) is 23.5. The summed E-state index contributed by atoms with van der Waals surface area (Å²) in [6, 6.07) is 17.0. The number of carbonyl (C=O) groups excluding carboxylic acids is 2. The third-order valence-corrected chi connectivity index (χ3v) is 7.63. The average molecular weight is 545 g/mol. The van der Waals surface area contributed by atoms with E-state index in [4.69, 9.17) is 18.9 Å². The second-order valence-corrected chi connectivity index (χ2v) is 9.85. The van der Waals surface area contributed by atoms with E-state index in [0.29, 0.717) is 66.8 Å². The minimum Gasteiger partial charge on any atom is -0.493 e. The molecule has 2 aliphatic rings. The van der Waals surface area contributed by atoms with Crippen molar-refractivity contribution >= 4 is 11.8 Å². The summed E-state index contributed by atoms with van der Waals surface area (Å²) in [5.74, 6) is 1.52. The molecule has 3 aromatic rings. The molecular formula is C32H36N2O6. The molecule has 8 nitrogen and oxygen atoms in total. The van der Waals surface area contributed by atoms with Crippen molar-refractivity contribution < 1.29 is 28.5 Å². The standard InChI is InChI=1S/C32H36N2O6/c1-5-39-25-12-11-20(17-28(25)40-6-2)13-15-33-31(35)29-23-18-26(37-3)27(38-4)19-24(23)32(36)34-16-14-21-9-7-8-10-22(21)30(29)34/h7-12,17-19,29-30H,5-6,13-16H2,1-4H3,(H,33,35)/t29-,30-/m1/s1. The maximum Gasteiger partial charge on any atom is 0.254 e. The molecule has 0 saturated heterocycles. The molecule has 0 saturated carbocycles. The smallest absolute Gasteiger partial charge is 0.254 e. The fourth-order valence-corrected chi connectivity index (χ4v) is 5.82. The van der Waals surface area contributed by atoms with E-state index in [1.807, 2.05) is 55.1 Å². The van der Waals surface area contributed by atoms with Gasteiger partial charge in [0.25, 0.3) is 5.91 Å². The van der Waals surface area contributed by atoms with Crippen molar-refractivity contribution in [3.63, 3.8) is 0 Å². The third-order valence-electron chi connectivity index (χ3n) is 7.63. The van der Waals surface area contributed by atoms with Gasteiger partial charge < -0.3 is 29.2 Å². The number of fused-ring (bicyclic) bond motifs is 4. The SMILES string of the molecule is CCOc1ccc(CCNC(=O)[C@@H]2c3cc(OC)c(OC)cc3C(=O)N3CCc4ccccc4[C@H]23)cc1OCC. The van der Waals surface area contributed by atoms with E-state index in [0.717, 1.165) is 23.1 Å². The van der Waals surface area contributed by atoms with Gasteiger partial charge in [0, 0.05) is 18.7 Å². The second kappa shape index (κ2) is 11.9. The lowest BCUT2D eigenvalue weighted by Gasteiger charge is -2.45. The summed E-state index contributed by atoms with van der Waals surface area (Å²) >= 11 is 0. The fourth-order valence-electron chi connectivity index (χ4n) is 5.82. The van der Waals surface area contributed by atoms with Gasteiger partial charge in [-0.15, -0.1) is 0 Å². The third kappa shape index (κ3) is 5.06. The zero-order valence-electron chi connectivity index (χ0n) is 23.5. The van der Waals surface area contributed by atoms with Gasteiger partial charge in [-0.3, -0.25) is 9.59 Å². The van der Waals surface area contributed by atoms with Crippen LogP contribution in [0.25, 0.3) is 0 Å². The number of amides is 2. The van der Waals surface area contributed by atoms with Crippen LogP contribution in [0.2, 0.25) is 0 Å². The summed E-state index contributed by atoms with van der Waals surface area (Å²) in [7, 11) is 3.10. The zero-order chi connectivity index (χ0) is 28.2. The Bertz CT molecular complexity index is 1400. The van der Waals surface area contributed by atoms with E-state index in [2.05, 4.69) is 11.4 Å². The van der Waals surface area contributed by atoms with Crippen LogP contribution in [0.1, 0.15) is 58.4 Å². The number of carbonyl (C=O) groups is 2. The van der Waals surface area contributed by atoms with Crippen LogP contribution >= 0.6 is 0 Å². The van der Waals surface area contributed by atoms with Crippen molar-refractivity contribution in [3.05, 3.63) is 82.4 Å². The maximum atomic E-state index is 14.0. The average Bonchev–Trinajstić information content (AvgIpc) is 2.98. The Morgan fingerprint density at radius 1 is 0.900 bits per heavy atom. The highest BCUT2D eigenvalue weighted by Crippen LogP contribution is 2.48. The maximum absolute atomic E-state index is 14.0. The highest BCUT2D eigenvalue weighted by molar-refractivity contribution is 6.02. The quantitative estimate of drug-likeness (QED) is 0.398. The molecule has 0 radical (unpaired) electrons. The number of ether oxygens (including phenoxy) is 4. The summed E-state index contributed by atoms with van der Waals surface area (Å²) in [4.78, 5) is 29.6. The number of methoxy groups -OCH3 is 2. The molecule has 0 unspecified atom stereocenters. The lowest BCUT2D eigenvalue weighted by atomic mass is 9.75. The van der Waals surface area contributed by atoms with Gasteiger partial charge in [0.15, 0.2) is 23.0 Å². The van der Waals surface area contributed by atoms with Crippen LogP contribution in [0, 0.1) is 0 Å². The van der Waals surface area contributed by atoms with Gasteiger partial charge in [-0.25, -0.2) is 0 Å². The molecule has 40 heavy (non-hydrogen) atoms. The first-order chi connectivity index (χ1) is 19.5. The molecule has 2 aliphatic heterocycles. The molecule has 2 atom stereocenters. The van der Waals surface area contributed by atoms with Gasteiger partial charge in [-0.1, -0.05) is 30.3 Å².